The number of aromatic nitrogens is 2. The molecule has 1 aliphatic rings. The van der Waals surface area contributed by atoms with E-state index in [-0.39, 0.29) is 11.6 Å². The standard InChI is InChI=1S/C22H25N5O3/c1-26-12-14-27(15-13-26)18-10-8-17(9-11-18)24-22-23-16-20(30-28-2)21(25-22)29-19-6-4-3-5-7-19/h3-11,16H,12-15H2,1-2H3,(H,23,24,25). The summed E-state index contributed by atoms with van der Waals surface area (Å²) in [5.74, 6) is 1.59. The van der Waals surface area contributed by atoms with Crippen LogP contribution in [0.2, 0.25) is 0 Å². The molecule has 0 spiro atoms. The highest BCUT2D eigenvalue weighted by molar-refractivity contribution is 5.60. The number of nitrogens with zero attached hydrogens (tertiary/aromatic N) is 4. The lowest BCUT2D eigenvalue weighted by Crippen LogP contribution is -2.44. The molecule has 8 nitrogen and oxygen atoms in total. The molecule has 1 aliphatic heterocycles. The predicted molar refractivity (Wildman–Crippen MR) is 116 cm³/mol. The molecule has 156 valence electrons. The van der Waals surface area contributed by atoms with Gasteiger partial charge in [-0.3, -0.25) is 0 Å². The molecule has 0 bridgehead atoms. The predicted octanol–water partition coefficient (Wildman–Crippen LogP) is 3.70. The third kappa shape index (κ3) is 4.97. The van der Waals surface area contributed by atoms with Gasteiger partial charge >= 0.3 is 0 Å². The first-order chi connectivity index (χ1) is 14.7. The Morgan fingerprint density at radius 1 is 0.933 bits per heavy atom. The molecular formula is C22H25N5O3. The molecule has 0 atom stereocenters. The fraction of sp³-hybridized carbons (Fsp3) is 0.273. The first-order valence-corrected chi connectivity index (χ1v) is 9.82. The monoisotopic (exact) mass is 407 g/mol. The van der Waals surface area contributed by atoms with E-state index in [9.17, 15) is 0 Å². The molecule has 8 heteroatoms. The summed E-state index contributed by atoms with van der Waals surface area (Å²) in [7, 11) is 3.57. The van der Waals surface area contributed by atoms with Gasteiger partial charge in [-0.05, 0) is 43.4 Å². The van der Waals surface area contributed by atoms with Crippen LogP contribution in [0.1, 0.15) is 0 Å². The lowest BCUT2D eigenvalue weighted by atomic mass is 10.2. The molecule has 1 saturated heterocycles. The van der Waals surface area contributed by atoms with Gasteiger partial charge in [0.15, 0.2) is 0 Å². The van der Waals surface area contributed by atoms with Gasteiger partial charge in [0.1, 0.15) is 5.75 Å². The fourth-order valence-corrected chi connectivity index (χ4v) is 3.18. The number of nitrogens with one attached hydrogen (secondary N) is 1. The molecule has 4 rings (SSSR count). The second kappa shape index (κ2) is 9.43. The maximum atomic E-state index is 5.84. The van der Waals surface area contributed by atoms with Crippen molar-refractivity contribution in [2.75, 3.05) is 50.6 Å². The highest BCUT2D eigenvalue weighted by atomic mass is 17.2. The van der Waals surface area contributed by atoms with Gasteiger partial charge in [0.25, 0.3) is 5.88 Å². The quantitative estimate of drug-likeness (QED) is 0.470. The van der Waals surface area contributed by atoms with Crippen molar-refractivity contribution in [3.8, 4) is 17.4 Å². The molecule has 1 aromatic heterocycles. The summed E-state index contributed by atoms with van der Waals surface area (Å²) < 4.78 is 5.84. The van der Waals surface area contributed by atoms with Crippen LogP contribution in [0.5, 0.6) is 17.4 Å². The Labute approximate surface area is 176 Å². The summed E-state index contributed by atoms with van der Waals surface area (Å²) in [4.78, 5) is 23.3. The number of piperazine rings is 1. The number of anilines is 3. The van der Waals surface area contributed by atoms with Crippen molar-refractivity contribution in [1.29, 1.82) is 0 Å². The largest absolute Gasteiger partial charge is 0.436 e. The number of para-hydroxylation sites is 1. The number of ether oxygens (including phenoxy) is 1. The van der Waals surface area contributed by atoms with Gasteiger partial charge in [0.05, 0.1) is 13.3 Å². The molecule has 0 radical (unpaired) electrons. The van der Waals surface area contributed by atoms with Crippen molar-refractivity contribution in [2.45, 2.75) is 0 Å². The van der Waals surface area contributed by atoms with E-state index >= 15 is 0 Å². The van der Waals surface area contributed by atoms with Crippen molar-refractivity contribution in [3.05, 3.63) is 60.8 Å². The molecule has 0 unspecified atom stereocenters. The van der Waals surface area contributed by atoms with Crippen LogP contribution in [-0.4, -0.2) is 55.2 Å². The topological polar surface area (TPSA) is 72.0 Å². The summed E-state index contributed by atoms with van der Waals surface area (Å²) >= 11 is 0. The molecule has 2 heterocycles. The summed E-state index contributed by atoms with van der Waals surface area (Å²) in [5.41, 5.74) is 2.10. The van der Waals surface area contributed by atoms with Crippen molar-refractivity contribution < 1.29 is 14.5 Å². The zero-order chi connectivity index (χ0) is 20.8. The molecule has 1 fully saturated rings. The van der Waals surface area contributed by atoms with Gasteiger partial charge < -0.3 is 24.7 Å². The minimum absolute atomic E-state index is 0.259. The zero-order valence-corrected chi connectivity index (χ0v) is 17.1. The van der Waals surface area contributed by atoms with E-state index in [2.05, 4.69) is 44.3 Å². The maximum absolute atomic E-state index is 5.84. The highest BCUT2D eigenvalue weighted by Gasteiger charge is 2.15. The van der Waals surface area contributed by atoms with Crippen LogP contribution in [0, 0.1) is 0 Å². The molecule has 0 aliphatic carbocycles. The zero-order valence-electron chi connectivity index (χ0n) is 17.1. The Balaban J connectivity index is 1.48. The van der Waals surface area contributed by atoms with Gasteiger partial charge in [0.2, 0.25) is 11.7 Å². The molecule has 0 amide bonds. The lowest BCUT2D eigenvalue weighted by Gasteiger charge is -2.34. The Hall–Kier alpha value is -3.36. The lowest BCUT2D eigenvalue weighted by molar-refractivity contribution is -0.179. The van der Waals surface area contributed by atoms with Crippen molar-refractivity contribution in [2.24, 2.45) is 0 Å². The number of rotatable bonds is 7. The van der Waals surface area contributed by atoms with Crippen molar-refractivity contribution in [1.82, 2.24) is 14.9 Å². The van der Waals surface area contributed by atoms with Crippen LogP contribution in [0.25, 0.3) is 0 Å². The highest BCUT2D eigenvalue weighted by Crippen LogP contribution is 2.30. The molecular weight excluding hydrogens is 382 g/mol. The molecule has 2 aromatic carbocycles. The number of likely N-dealkylation sites (N-methyl/N-ethyl adjacent to an activating group) is 1. The van der Waals surface area contributed by atoms with E-state index in [4.69, 9.17) is 14.5 Å². The van der Waals surface area contributed by atoms with Crippen LogP contribution in [0.4, 0.5) is 17.3 Å². The average Bonchev–Trinajstić information content (AvgIpc) is 2.78. The minimum atomic E-state index is 0.259. The second-order valence-electron chi connectivity index (χ2n) is 6.99. The van der Waals surface area contributed by atoms with Crippen LogP contribution < -0.4 is 19.8 Å². The molecule has 3 aromatic rings. The van der Waals surface area contributed by atoms with Gasteiger partial charge in [-0.25, -0.2) is 4.98 Å². The molecule has 1 N–H and O–H groups in total. The fourth-order valence-electron chi connectivity index (χ4n) is 3.18. The van der Waals surface area contributed by atoms with Crippen LogP contribution in [0.3, 0.4) is 0 Å². The van der Waals surface area contributed by atoms with Crippen LogP contribution >= 0.6 is 0 Å². The van der Waals surface area contributed by atoms with Crippen molar-refractivity contribution >= 4 is 17.3 Å². The average molecular weight is 407 g/mol. The summed E-state index contributed by atoms with van der Waals surface area (Å²) in [6, 6.07) is 17.6. The molecule has 0 saturated carbocycles. The number of hydrogen-bond donors (Lipinski definition) is 1. The summed E-state index contributed by atoms with van der Waals surface area (Å²) in [6.07, 6.45) is 1.51. The van der Waals surface area contributed by atoms with E-state index in [1.165, 1.54) is 19.0 Å². The van der Waals surface area contributed by atoms with E-state index < -0.39 is 0 Å². The maximum Gasteiger partial charge on any atom is 0.271 e. The Kier molecular flexibility index (Phi) is 6.26. The van der Waals surface area contributed by atoms with Gasteiger partial charge in [-0.2, -0.15) is 9.87 Å². The minimum Gasteiger partial charge on any atom is -0.436 e. The Bertz CT molecular complexity index is 945. The van der Waals surface area contributed by atoms with E-state index in [1.807, 2.05) is 42.5 Å². The Morgan fingerprint density at radius 3 is 2.37 bits per heavy atom. The third-order valence-electron chi connectivity index (χ3n) is 4.85. The second-order valence-corrected chi connectivity index (χ2v) is 6.99. The first kappa shape index (κ1) is 19.9. The van der Waals surface area contributed by atoms with E-state index in [0.717, 1.165) is 31.9 Å². The molecule has 30 heavy (non-hydrogen) atoms. The van der Waals surface area contributed by atoms with E-state index in [0.29, 0.717) is 11.7 Å². The van der Waals surface area contributed by atoms with Gasteiger partial charge in [-0.1, -0.05) is 18.2 Å². The third-order valence-corrected chi connectivity index (χ3v) is 4.85. The first-order valence-electron chi connectivity index (χ1n) is 9.82. The summed E-state index contributed by atoms with van der Waals surface area (Å²) in [5, 5.41) is 3.21. The SMILES string of the molecule is COOc1cnc(Nc2ccc(N3CCN(C)CC3)cc2)nc1Oc1ccccc1. The van der Waals surface area contributed by atoms with Crippen LogP contribution in [-0.2, 0) is 4.89 Å². The normalized spacial score (nSPS) is 14.4. The van der Waals surface area contributed by atoms with E-state index in [1.54, 1.807) is 0 Å². The van der Waals surface area contributed by atoms with Crippen molar-refractivity contribution in [3.63, 3.8) is 0 Å². The van der Waals surface area contributed by atoms with Gasteiger partial charge in [-0.15, -0.1) is 0 Å². The summed E-state index contributed by atoms with van der Waals surface area (Å²) in [6.45, 7) is 4.23. The van der Waals surface area contributed by atoms with Crippen LogP contribution in [0.15, 0.2) is 60.8 Å². The van der Waals surface area contributed by atoms with Gasteiger partial charge in [0, 0.05) is 37.6 Å². The Morgan fingerprint density at radius 2 is 1.67 bits per heavy atom. The number of hydrogen-bond acceptors (Lipinski definition) is 8. The number of benzene rings is 2. The smallest absolute Gasteiger partial charge is 0.271 e.